The van der Waals surface area contributed by atoms with Crippen LogP contribution in [0.1, 0.15) is 133 Å². The topological polar surface area (TPSA) is 0 Å². The van der Waals surface area contributed by atoms with Crippen LogP contribution in [0, 0.1) is 42.3 Å². The summed E-state index contributed by atoms with van der Waals surface area (Å²) in [6.45, 7) is 4.19. The van der Waals surface area contributed by atoms with Gasteiger partial charge in [0, 0.05) is 0 Å². The summed E-state index contributed by atoms with van der Waals surface area (Å²) in [6, 6.07) is 5.99. The molecule has 32 heavy (non-hydrogen) atoms. The fourth-order valence-electron chi connectivity index (χ4n) is 7.55. The lowest BCUT2D eigenvalue weighted by atomic mass is 9.63. The molecule has 3 fully saturated rings. The first-order chi connectivity index (χ1) is 15.6. The monoisotopic (exact) mass is 440 g/mol. The van der Waals surface area contributed by atoms with Crippen LogP contribution in [0.15, 0.2) is 18.2 Å². The first kappa shape index (κ1) is 24.3. The van der Waals surface area contributed by atoms with Crippen LogP contribution in [-0.2, 0) is 0 Å². The van der Waals surface area contributed by atoms with E-state index in [0.29, 0.717) is 5.92 Å². The highest BCUT2D eigenvalue weighted by atomic mass is 19.1. The lowest BCUT2D eigenvalue weighted by Crippen LogP contribution is -2.30. The molecule has 1 heteroatoms. The molecule has 180 valence electrons. The highest BCUT2D eigenvalue weighted by Gasteiger charge is 2.36. The Morgan fingerprint density at radius 3 is 2.12 bits per heavy atom. The molecule has 0 heterocycles. The van der Waals surface area contributed by atoms with Gasteiger partial charge in [-0.1, -0.05) is 96.1 Å². The lowest BCUT2D eigenvalue weighted by molar-refractivity contribution is 0.108. The van der Waals surface area contributed by atoms with E-state index < -0.39 is 0 Å². The number of hydrogen-bond donors (Lipinski definition) is 0. The minimum atomic E-state index is -0.0149. The molecule has 1 aromatic carbocycles. The molecular weight excluding hydrogens is 391 g/mol. The van der Waals surface area contributed by atoms with Crippen molar-refractivity contribution in [1.29, 1.82) is 0 Å². The zero-order chi connectivity index (χ0) is 22.3. The SMILES string of the molecule is CCCCCCC1CCC(CCC2CCC3CC(c4ccc(C)c(F)c4)CCC3C2)CC1. The number of fused-ring (bicyclic) bond motifs is 1. The molecule has 0 amide bonds. The molecule has 3 saturated carbocycles. The van der Waals surface area contributed by atoms with Crippen LogP contribution in [0.5, 0.6) is 0 Å². The number of benzene rings is 1. The summed E-state index contributed by atoms with van der Waals surface area (Å²) in [7, 11) is 0. The van der Waals surface area contributed by atoms with Crippen LogP contribution in [-0.4, -0.2) is 0 Å². The van der Waals surface area contributed by atoms with Crippen molar-refractivity contribution in [2.75, 3.05) is 0 Å². The molecule has 0 nitrogen and oxygen atoms in total. The molecule has 0 N–H and O–H groups in total. The largest absolute Gasteiger partial charge is 0.207 e. The van der Waals surface area contributed by atoms with Gasteiger partial charge in [0.05, 0.1) is 0 Å². The van der Waals surface area contributed by atoms with Crippen LogP contribution in [0.25, 0.3) is 0 Å². The van der Waals surface area contributed by atoms with Gasteiger partial charge in [0.25, 0.3) is 0 Å². The third kappa shape index (κ3) is 6.60. The summed E-state index contributed by atoms with van der Waals surface area (Å²) in [5.74, 6) is 5.52. The second-order valence-corrected chi connectivity index (χ2v) is 12.0. The van der Waals surface area contributed by atoms with Gasteiger partial charge in [0.1, 0.15) is 5.82 Å². The maximum Gasteiger partial charge on any atom is 0.126 e. The Kier molecular flexibility index (Phi) is 9.13. The Hall–Kier alpha value is -0.850. The number of rotatable bonds is 9. The number of aryl methyl sites for hydroxylation is 1. The van der Waals surface area contributed by atoms with Crippen LogP contribution < -0.4 is 0 Å². The molecule has 0 saturated heterocycles. The Balaban J connectivity index is 1.14. The molecule has 0 spiro atoms. The maximum absolute atomic E-state index is 14.1. The van der Waals surface area contributed by atoms with E-state index >= 15 is 0 Å². The zero-order valence-corrected chi connectivity index (χ0v) is 21.1. The van der Waals surface area contributed by atoms with E-state index in [1.54, 1.807) is 0 Å². The molecule has 1 aromatic rings. The third-order valence-corrected chi connectivity index (χ3v) is 9.80. The smallest absolute Gasteiger partial charge is 0.126 e. The molecular formula is C31H49F. The summed E-state index contributed by atoms with van der Waals surface area (Å²) in [5, 5.41) is 0. The second kappa shape index (κ2) is 12.0. The van der Waals surface area contributed by atoms with Gasteiger partial charge in [-0.2, -0.15) is 0 Å². The fourth-order valence-corrected chi connectivity index (χ4v) is 7.55. The van der Waals surface area contributed by atoms with Gasteiger partial charge in [-0.05, 0) is 91.7 Å². The van der Waals surface area contributed by atoms with Crippen LogP contribution in [0.2, 0.25) is 0 Å². The molecule has 0 radical (unpaired) electrons. The quantitative estimate of drug-likeness (QED) is 0.335. The second-order valence-electron chi connectivity index (χ2n) is 12.0. The van der Waals surface area contributed by atoms with Crippen molar-refractivity contribution in [2.45, 2.75) is 129 Å². The van der Waals surface area contributed by atoms with Gasteiger partial charge < -0.3 is 0 Å². The van der Waals surface area contributed by atoms with Gasteiger partial charge in [-0.15, -0.1) is 0 Å². The first-order valence-corrected chi connectivity index (χ1v) is 14.4. The molecule has 4 atom stereocenters. The highest BCUT2D eigenvalue weighted by Crippen LogP contribution is 2.49. The van der Waals surface area contributed by atoms with E-state index in [-0.39, 0.29) is 5.82 Å². The van der Waals surface area contributed by atoms with E-state index in [4.69, 9.17) is 0 Å². The standard InChI is InChI=1S/C31H49F/c1-3-4-5-6-7-24-9-11-25(12-10-24)13-14-26-15-17-28-21-29(19-18-27(28)20-26)30-16-8-23(2)31(32)22-30/h8,16,22,24-29H,3-7,9-15,17-21H2,1-2H3. The van der Waals surface area contributed by atoms with Crippen LogP contribution in [0.3, 0.4) is 0 Å². The van der Waals surface area contributed by atoms with Gasteiger partial charge in [0.15, 0.2) is 0 Å². The summed E-state index contributed by atoms with van der Waals surface area (Å²) < 4.78 is 14.1. The summed E-state index contributed by atoms with van der Waals surface area (Å²) in [5.41, 5.74) is 2.04. The molecule has 0 aromatic heterocycles. The minimum Gasteiger partial charge on any atom is -0.207 e. The molecule has 3 aliphatic carbocycles. The highest BCUT2D eigenvalue weighted by molar-refractivity contribution is 5.26. The predicted molar refractivity (Wildman–Crippen MR) is 135 cm³/mol. The number of unbranched alkanes of at least 4 members (excludes halogenated alkanes) is 3. The van der Waals surface area contributed by atoms with E-state index in [0.717, 1.165) is 35.2 Å². The van der Waals surface area contributed by atoms with Crippen molar-refractivity contribution in [3.63, 3.8) is 0 Å². The molecule has 3 aliphatic rings. The van der Waals surface area contributed by atoms with Crippen molar-refractivity contribution in [2.24, 2.45) is 29.6 Å². The summed E-state index contributed by atoms with van der Waals surface area (Å²) in [4.78, 5) is 0. The van der Waals surface area contributed by atoms with Crippen molar-refractivity contribution in [3.8, 4) is 0 Å². The van der Waals surface area contributed by atoms with E-state index in [9.17, 15) is 4.39 Å². The summed E-state index contributed by atoms with van der Waals surface area (Å²) in [6.07, 6.45) is 24.7. The van der Waals surface area contributed by atoms with Crippen LogP contribution >= 0.6 is 0 Å². The molecule has 4 rings (SSSR count). The average molecular weight is 441 g/mol. The zero-order valence-electron chi connectivity index (χ0n) is 21.1. The Morgan fingerprint density at radius 1 is 0.719 bits per heavy atom. The number of halogens is 1. The molecule has 0 aliphatic heterocycles. The Labute approximate surface area is 198 Å². The Morgan fingerprint density at radius 2 is 1.38 bits per heavy atom. The van der Waals surface area contributed by atoms with Crippen molar-refractivity contribution >= 4 is 0 Å². The first-order valence-electron chi connectivity index (χ1n) is 14.4. The lowest BCUT2D eigenvalue weighted by Gasteiger charge is -2.43. The van der Waals surface area contributed by atoms with Gasteiger partial charge >= 0.3 is 0 Å². The van der Waals surface area contributed by atoms with E-state index in [1.165, 1.54) is 115 Å². The Bertz CT molecular complexity index is 686. The van der Waals surface area contributed by atoms with E-state index in [1.807, 2.05) is 19.1 Å². The average Bonchev–Trinajstić information content (AvgIpc) is 2.82. The van der Waals surface area contributed by atoms with Gasteiger partial charge in [0.2, 0.25) is 0 Å². The van der Waals surface area contributed by atoms with Crippen molar-refractivity contribution < 1.29 is 4.39 Å². The van der Waals surface area contributed by atoms with Gasteiger partial charge in [-0.3, -0.25) is 0 Å². The summed E-state index contributed by atoms with van der Waals surface area (Å²) >= 11 is 0. The van der Waals surface area contributed by atoms with Crippen molar-refractivity contribution in [1.82, 2.24) is 0 Å². The fraction of sp³-hybridized carbons (Fsp3) is 0.806. The van der Waals surface area contributed by atoms with Crippen molar-refractivity contribution in [3.05, 3.63) is 35.1 Å². The number of hydrogen-bond acceptors (Lipinski definition) is 0. The minimum absolute atomic E-state index is 0.0149. The molecule has 4 unspecified atom stereocenters. The van der Waals surface area contributed by atoms with Gasteiger partial charge in [-0.25, -0.2) is 4.39 Å². The predicted octanol–water partition coefficient (Wildman–Crippen LogP) is 9.99. The maximum atomic E-state index is 14.1. The normalized spacial score (nSPS) is 33.1. The third-order valence-electron chi connectivity index (χ3n) is 9.80. The van der Waals surface area contributed by atoms with Crippen LogP contribution in [0.4, 0.5) is 4.39 Å². The van der Waals surface area contributed by atoms with E-state index in [2.05, 4.69) is 13.0 Å². The molecule has 0 bridgehead atoms.